The summed E-state index contributed by atoms with van der Waals surface area (Å²) in [5.41, 5.74) is 2.64. The van der Waals surface area contributed by atoms with E-state index >= 15 is 0 Å². The van der Waals surface area contributed by atoms with Crippen molar-refractivity contribution in [1.82, 2.24) is 5.32 Å². The maximum atomic E-state index is 11.7. The van der Waals surface area contributed by atoms with E-state index in [4.69, 9.17) is 21.1 Å². The lowest BCUT2D eigenvalue weighted by Crippen LogP contribution is -2.29. The van der Waals surface area contributed by atoms with Crippen molar-refractivity contribution in [2.75, 3.05) is 13.2 Å². The van der Waals surface area contributed by atoms with Crippen LogP contribution in [0, 0.1) is 13.8 Å². The van der Waals surface area contributed by atoms with Crippen LogP contribution < -0.4 is 10.1 Å². The number of hydrogen-bond donors (Lipinski definition) is 1. The Bertz CT molecular complexity index is 723. The number of nitrogens with one attached hydrogen (secondary N) is 1. The monoisotopic (exact) mass is 361 g/mol. The van der Waals surface area contributed by atoms with Crippen molar-refractivity contribution in [3.05, 3.63) is 64.2 Å². The average Bonchev–Trinajstić information content (AvgIpc) is 2.58. The van der Waals surface area contributed by atoms with Crippen molar-refractivity contribution in [3.63, 3.8) is 0 Å². The number of carbonyl (C=O) groups is 2. The fourth-order valence-corrected chi connectivity index (χ4v) is 2.62. The van der Waals surface area contributed by atoms with Gasteiger partial charge in [-0.1, -0.05) is 41.9 Å². The molecule has 0 aliphatic heterocycles. The Morgan fingerprint density at radius 3 is 2.32 bits per heavy atom. The van der Waals surface area contributed by atoms with Crippen molar-refractivity contribution in [2.45, 2.75) is 20.4 Å². The van der Waals surface area contributed by atoms with Crippen LogP contribution in [0.15, 0.2) is 42.5 Å². The summed E-state index contributed by atoms with van der Waals surface area (Å²) < 4.78 is 10.4. The van der Waals surface area contributed by atoms with Gasteiger partial charge in [0.1, 0.15) is 5.75 Å². The summed E-state index contributed by atoms with van der Waals surface area (Å²) in [5.74, 6) is -0.380. The van der Waals surface area contributed by atoms with Crippen LogP contribution in [-0.2, 0) is 20.9 Å². The molecule has 1 amide bonds. The topological polar surface area (TPSA) is 64.6 Å². The van der Waals surface area contributed by atoms with Crippen molar-refractivity contribution in [3.8, 4) is 5.75 Å². The quantitative estimate of drug-likeness (QED) is 0.769. The lowest BCUT2D eigenvalue weighted by molar-refractivity contribution is -0.150. The van der Waals surface area contributed by atoms with E-state index in [1.165, 1.54) is 0 Å². The van der Waals surface area contributed by atoms with Gasteiger partial charge in [-0.05, 0) is 42.7 Å². The van der Waals surface area contributed by atoms with Crippen molar-refractivity contribution in [2.24, 2.45) is 0 Å². The highest BCUT2D eigenvalue weighted by atomic mass is 35.5. The molecule has 0 spiro atoms. The summed E-state index contributed by atoms with van der Waals surface area (Å²) in [6.07, 6.45) is 0. The van der Waals surface area contributed by atoms with E-state index in [9.17, 15) is 9.59 Å². The van der Waals surface area contributed by atoms with E-state index in [1.807, 2.05) is 44.2 Å². The van der Waals surface area contributed by atoms with Gasteiger partial charge < -0.3 is 14.8 Å². The molecule has 1 N–H and O–H groups in total. The number of amides is 1. The molecule has 0 aliphatic rings. The van der Waals surface area contributed by atoms with E-state index in [0.717, 1.165) is 16.7 Å². The Kier molecular flexibility index (Phi) is 6.83. The molecule has 0 atom stereocenters. The zero-order valence-electron chi connectivity index (χ0n) is 14.2. The molecule has 6 heteroatoms. The number of benzene rings is 2. The van der Waals surface area contributed by atoms with Crippen molar-refractivity contribution in [1.29, 1.82) is 0 Å². The van der Waals surface area contributed by atoms with E-state index in [2.05, 4.69) is 5.32 Å². The number of hydrogen-bond acceptors (Lipinski definition) is 4. The van der Waals surface area contributed by atoms with Crippen LogP contribution in [0.4, 0.5) is 0 Å². The smallest absolute Gasteiger partial charge is 0.344 e. The number of aryl methyl sites for hydroxylation is 2. The molecule has 0 fully saturated rings. The minimum absolute atomic E-state index is 0.269. The maximum absolute atomic E-state index is 11.7. The third-order valence-electron chi connectivity index (χ3n) is 3.46. The first-order chi connectivity index (χ1) is 12.0. The summed E-state index contributed by atoms with van der Waals surface area (Å²) in [7, 11) is 0. The first-order valence-corrected chi connectivity index (χ1v) is 8.19. The molecule has 0 bridgehead atoms. The fourth-order valence-electron chi connectivity index (χ4n) is 2.29. The Hall–Kier alpha value is -2.53. The zero-order valence-corrected chi connectivity index (χ0v) is 14.9. The normalized spacial score (nSPS) is 10.2. The van der Waals surface area contributed by atoms with E-state index in [-0.39, 0.29) is 19.1 Å². The molecule has 2 aromatic rings. The summed E-state index contributed by atoms with van der Waals surface area (Å²) >= 11 is 5.95. The zero-order chi connectivity index (χ0) is 18.2. The predicted octanol–water partition coefficient (Wildman–Crippen LogP) is 3.20. The van der Waals surface area contributed by atoms with Gasteiger partial charge in [0.25, 0.3) is 5.91 Å². The summed E-state index contributed by atoms with van der Waals surface area (Å²) in [6, 6.07) is 13.0. The molecule has 0 aromatic heterocycles. The van der Waals surface area contributed by atoms with Crippen LogP contribution in [0.1, 0.15) is 16.7 Å². The minimum atomic E-state index is -0.608. The number of carbonyl (C=O) groups excluding carboxylic acids is 2. The summed E-state index contributed by atoms with van der Waals surface area (Å²) in [5, 5.41) is 3.29. The van der Waals surface area contributed by atoms with Crippen molar-refractivity contribution < 1.29 is 19.1 Å². The van der Waals surface area contributed by atoms with Gasteiger partial charge in [-0.15, -0.1) is 0 Å². The second-order valence-electron chi connectivity index (χ2n) is 5.58. The highest BCUT2D eigenvalue weighted by Crippen LogP contribution is 2.26. The molecule has 132 valence electrons. The Morgan fingerprint density at radius 2 is 1.68 bits per heavy atom. The maximum Gasteiger partial charge on any atom is 0.344 e. The first-order valence-electron chi connectivity index (χ1n) is 7.81. The lowest BCUT2D eigenvalue weighted by atomic mass is 10.1. The van der Waals surface area contributed by atoms with Crippen LogP contribution in [0.25, 0.3) is 0 Å². The van der Waals surface area contributed by atoms with Crippen LogP contribution in [-0.4, -0.2) is 25.1 Å². The Labute approximate surface area is 151 Å². The molecule has 0 radical (unpaired) electrons. The number of rotatable bonds is 7. The molecule has 0 saturated carbocycles. The number of halogens is 1. The van der Waals surface area contributed by atoms with Crippen LogP contribution >= 0.6 is 11.6 Å². The SMILES string of the molecule is Cc1cc(Cl)cc(C)c1OCC(=O)OCC(=O)NCc1ccccc1. The molecule has 0 saturated heterocycles. The average molecular weight is 362 g/mol. The van der Waals surface area contributed by atoms with E-state index in [1.54, 1.807) is 12.1 Å². The van der Waals surface area contributed by atoms with Crippen LogP contribution in [0.2, 0.25) is 5.02 Å². The number of esters is 1. The standard InChI is InChI=1S/C19H20ClNO4/c1-13-8-16(20)9-14(2)19(13)25-12-18(23)24-11-17(22)21-10-15-6-4-3-5-7-15/h3-9H,10-12H2,1-2H3,(H,21,22). The highest BCUT2D eigenvalue weighted by molar-refractivity contribution is 6.30. The van der Waals surface area contributed by atoms with Gasteiger partial charge in [0.05, 0.1) is 0 Å². The minimum Gasteiger partial charge on any atom is -0.481 e. The lowest BCUT2D eigenvalue weighted by Gasteiger charge is -2.12. The second kappa shape index (κ2) is 9.08. The van der Waals surface area contributed by atoms with Crippen LogP contribution in [0.3, 0.4) is 0 Å². The summed E-state index contributed by atoms with van der Waals surface area (Å²) in [4.78, 5) is 23.4. The summed E-state index contributed by atoms with van der Waals surface area (Å²) in [6.45, 7) is 3.47. The molecular formula is C19H20ClNO4. The highest BCUT2D eigenvalue weighted by Gasteiger charge is 2.11. The molecule has 2 rings (SSSR count). The predicted molar refractivity (Wildman–Crippen MR) is 95.7 cm³/mol. The van der Waals surface area contributed by atoms with Gasteiger partial charge in [0.2, 0.25) is 0 Å². The molecule has 0 aliphatic carbocycles. The molecule has 0 unspecified atom stereocenters. The van der Waals surface area contributed by atoms with Gasteiger partial charge in [0, 0.05) is 11.6 Å². The molecule has 25 heavy (non-hydrogen) atoms. The Morgan fingerprint density at radius 1 is 1.04 bits per heavy atom. The largest absolute Gasteiger partial charge is 0.481 e. The van der Waals surface area contributed by atoms with Gasteiger partial charge >= 0.3 is 5.97 Å². The fraction of sp³-hybridized carbons (Fsp3) is 0.263. The molecule has 0 heterocycles. The third-order valence-corrected chi connectivity index (χ3v) is 3.67. The van der Waals surface area contributed by atoms with Gasteiger partial charge in [-0.2, -0.15) is 0 Å². The Balaban J connectivity index is 1.73. The molecular weight excluding hydrogens is 342 g/mol. The van der Waals surface area contributed by atoms with Crippen molar-refractivity contribution >= 4 is 23.5 Å². The van der Waals surface area contributed by atoms with Gasteiger partial charge in [-0.25, -0.2) is 4.79 Å². The van der Waals surface area contributed by atoms with E-state index in [0.29, 0.717) is 17.3 Å². The van der Waals surface area contributed by atoms with Gasteiger partial charge in [0.15, 0.2) is 13.2 Å². The van der Waals surface area contributed by atoms with Gasteiger partial charge in [-0.3, -0.25) is 4.79 Å². The van der Waals surface area contributed by atoms with Crippen LogP contribution in [0.5, 0.6) is 5.75 Å². The molecule has 5 nitrogen and oxygen atoms in total. The molecule has 2 aromatic carbocycles. The third kappa shape index (κ3) is 6.12. The first kappa shape index (κ1) is 18.8. The number of ether oxygens (including phenoxy) is 2. The second-order valence-corrected chi connectivity index (χ2v) is 6.02. The van der Waals surface area contributed by atoms with E-state index < -0.39 is 5.97 Å².